The molecule has 0 aromatic carbocycles. The molecule has 0 spiro atoms. The largest absolute Gasteiger partial charge is 0.411 e. The molecule has 0 saturated carbocycles. The SMILES string of the molecule is CC(C)CC(CN)NC(=O)CCOCC(F)(F)F. The Labute approximate surface area is 105 Å². The number of nitrogens with one attached hydrogen (secondary N) is 1. The minimum absolute atomic E-state index is 0.0926. The molecule has 0 saturated heterocycles. The summed E-state index contributed by atoms with van der Waals surface area (Å²) in [6.45, 7) is 2.74. The van der Waals surface area contributed by atoms with Crippen molar-refractivity contribution < 1.29 is 22.7 Å². The summed E-state index contributed by atoms with van der Waals surface area (Å²) in [5, 5.41) is 2.67. The molecule has 0 heterocycles. The molecule has 0 fully saturated rings. The first-order valence-electron chi connectivity index (χ1n) is 5.88. The van der Waals surface area contributed by atoms with Crippen molar-refractivity contribution in [3.8, 4) is 0 Å². The third-order valence-corrected chi connectivity index (χ3v) is 2.14. The Morgan fingerprint density at radius 1 is 1.39 bits per heavy atom. The molecule has 4 nitrogen and oxygen atoms in total. The van der Waals surface area contributed by atoms with E-state index < -0.39 is 12.8 Å². The van der Waals surface area contributed by atoms with Crippen LogP contribution in [0, 0.1) is 5.92 Å². The van der Waals surface area contributed by atoms with Gasteiger partial charge in [-0.15, -0.1) is 0 Å². The molecule has 0 aliphatic rings. The van der Waals surface area contributed by atoms with Crippen LogP contribution in [0.1, 0.15) is 26.7 Å². The number of alkyl halides is 3. The van der Waals surface area contributed by atoms with Gasteiger partial charge in [0.25, 0.3) is 0 Å². The number of nitrogens with two attached hydrogens (primary N) is 1. The number of hydrogen-bond donors (Lipinski definition) is 2. The number of halogens is 3. The molecule has 1 atom stereocenters. The first-order chi connectivity index (χ1) is 8.24. The molecule has 0 aromatic heterocycles. The highest BCUT2D eigenvalue weighted by molar-refractivity contribution is 5.76. The van der Waals surface area contributed by atoms with Crippen LogP contribution in [0.25, 0.3) is 0 Å². The van der Waals surface area contributed by atoms with Crippen molar-refractivity contribution >= 4 is 5.91 Å². The predicted octanol–water partition coefficient (Wildman–Crippen LogP) is 1.45. The minimum Gasteiger partial charge on any atom is -0.372 e. The lowest BCUT2D eigenvalue weighted by atomic mass is 10.0. The van der Waals surface area contributed by atoms with Crippen molar-refractivity contribution in [3.63, 3.8) is 0 Å². The molecule has 0 aliphatic carbocycles. The van der Waals surface area contributed by atoms with Gasteiger partial charge in [-0.3, -0.25) is 4.79 Å². The quantitative estimate of drug-likeness (QED) is 0.656. The molecular formula is C11H21F3N2O2. The Morgan fingerprint density at radius 3 is 2.44 bits per heavy atom. The van der Waals surface area contributed by atoms with E-state index in [2.05, 4.69) is 10.1 Å². The molecule has 18 heavy (non-hydrogen) atoms. The normalized spacial score (nSPS) is 13.7. The van der Waals surface area contributed by atoms with Gasteiger partial charge < -0.3 is 15.8 Å². The fourth-order valence-corrected chi connectivity index (χ4v) is 1.44. The average Bonchev–Trinajstić information content (AvgIpc) is 2.21. The first kappa shape index (κ1) is 17.2. The van der Waals surface area contributed by atoms with E-state index in [0.717, 1.165) is 6.42 Å². The van der Waals surface area contributed by atoms with E-state index in [1.54, 1.807) is 0 Å². The Hall–Kier alpha value is -0.820. The second-order valence-electron chi connectivity index (χ2n) is 4.55. The summed E-state index contributed by atoms with van der Waals surface area (Å²) in [5.74, 6) is 0.0496. The Morgan fingerprint density at radius 2 is 2.00 bits per heavy atom. The van der Waals surface area contributed by atoms with E-state index in [9.17, 15) is 18.0 Å². The van der Waals surface area contributed by atoms with Crippen LogP contribution in [-0.4, -0.2) is 37.9 Å². The van der Waals surface area contributed by atoms with Gasteiger partial charge in [0.15, 0.2) is 0 Å². The van der Waals surface area contributed by atoms with E-state index in [0.29, 0.717) is 12.5 Å². The van der Waals surface area contributed by atoms with Gasteiger partial charge in [-0.25, -0.2) is 0 Å². The monoisotopic (exact) mass is 270 g/mol. The number of amides is 1. The molecule has 1 amide bonds. The van der Waals surface area contributed by atoms with Crippen molar-refractivity contribution in [2.24, 2.45) is 11.7 Å². The molecule has 0 aromatic rings. The van der Waals surface area contributed by atoms with E-state index >= 15 is 0 Å². The van der Waals surface area contributed by atoms with Crippen LogP contribution < -0.4 is 11.1 Å². The maximum absolute atomic E-state index is 11.7. The third kappa shape index (κ3) is 10.3. The highest BCUT2D eigenvalue weighted by Gasteiger charge is 2.27. The summed E-state index contributed by atoms with van der Waals surface area (Å²) >= 11 is 0. The number of rotatable bonds is 8. The van der Waals surface area contributed by atoms with Crippen LogP contribution >= 0.6 is 0 Å². The fraction of sp³-hybridized carbons (Fsp3) is 0.909. The zero-order valence-electron chi connectivity index (χ0n) is 10.7. The van der Waals surface area contributed by atoms with Gasteiger partial charge in [-0.1, -0.05) is 13.8 Å². The second-order valence-corrected chi connectivity index (χ2v) is 4.55. The van der Waals surface area contributed by atoms with Gasteiger partial charge in [0, 0.05) is 19.0 Å². The van der Waals surface area contributed by atoms with Crippen molar-refractivity contribution in [2.75, 3.05) is 19.8 Å². The lowest BCUT2D eigenvalue weighted by molar-refractivity contribution is -0.174. The summed E-state index contributed by atoms with van der Waals surface area (Å²) in [7, 11) is 0. The van der Waals surface area contributed by atoms with Gasteiger partial charge in [-0.2, -0.15) is 13.2 Å². The summed E-state index contributed by atoms with van der Waals surface area (Å²) < 4.78 is 39.6. The molecule has 0 rings (SSSR count). The van der Waals surface area contributed by atoms with Gasteiger partial charge in [0.1, 0.15) is 6.61 Å². The lowest BCUT2D eigenvalue weighted by Crippen LogP contribution is -2.41. The molecule has 7 heteroatoms. The summed E-state index contributed by atoms with van der Waals surface area (Å²) in [5.41, 5.74) is 5.49. The molecule has 0 bridgehead atoms. The van der Waals surface area contributed by atoms with E-state index in [1.165, 1.54) is 0 Å². The molecule has 0 radical (unpaired) electrons. The minimum atomic E-state index is -4.35. The highest BCUT2D eigenvalue weighted by atomic mass is 19.4. The first-order valence-corrected chi connectivity index (χ1v) is 5.88. The third-order valence-electron chi connectivity index (χ3n) is 2.14. The molecule has 0 aliphatic heterocycles. The van der Waals surface area contributed by atoms with Gasteiger partial charge in [0.05, 0.1) is 6.61 Å². The standard InChI is InChI=1S/C11H21F3N2O2/c1-8(2)5-9(6-15)16-10(17)3-4-18-7-11(12,13)14/h8-9H,3-7,15H2,1-2H3,(H,16,17). The fourth-order valence-electron chi connectivity index (χ4n) is 1.44. The molecular weight excluding hydrogens is 249 g/mol. The Bertz CT molecular complexity index is 245. The topological polar surface area (TPSA) is 64.3 Å². The number of carbonyl (C=O) groups is 1. The Balaban J connectivity index is 3.75. The summed E-state index contributed by atoms with van der Waals surface area (Å²) in [4.78, 5) is 11.4. The van der Waals surface area contributed by atoms with Crippen molar-refractivity contribution in [2.45, 2.75) is 38.9 Å². The van der Waals surface area contributed by atoms with Crippen molar-refractivity contribution in [1.82, 2.24) is 5.32 Å². The number of carbonyl (C=O) groups excluding carboxylic acids is 1. The number of hydrogen-bond acceptors (Lipinski definition) is 3. The van der Waals surface area contributed by atoms with Crippen LogP contribution in [0.2, 0.25) is 0 Å². The Kier molecular flexibility index (Phi) is 7.93. The van der Waals surface area contributed by atoms with Crippen LogP contribution in [0.15, 0.2) is 0 Å². The van der Waals surface area contributed by atoms with E-state index in [4.69, 9.17) is 5.73 Å². The zero-order valence-corrected chi connectivity index (χ0v) is 10.7. The van der Waals surface area contributed by atoms with Gasteiger partial charge in [0.2, 0.25) is 5.91 Å². The second kappa shape index (κ2) is 8.31. The zero-order chi connectivity index (χ0) is 14.2. The van der Waals surface area contributed by atoms with Crippen LogP contribution in [0.4, 0.5) is 13.2 Å². The van der Waals surface area contributed by atoms with Crippen LogP contribution in [-0.2, 0) is 9.53 Å². The highest BCUT2D eigenvalue weighted by Crippen LogP contribution is 2.14. The van der Waals surface area contributed by atoms with E-state index in [-0.39, 0.29) is 25.0 Å². The predicted molar refractivity (Wildman–Crippen MR) is 61.9 cm³/mol. The van der Waals surface area contributed by atoms with Crippen LogP contribution in [0.3, 0.4) is 0 Å². The maximum atomic E-state index is 11.7. The smallest absolute Gasteiger partial charge is 0.372 e. The van der Waals surface area contributed by atoms with Gasteiger partial charge in [-0.05, 0) is 12.3 Å². The van der Waals surface area contributed by atoms with Crippen molar-refractivity contribution in [1.29, 1.82) is 0 Å². The van der Waals surface area contributed by atoms with Gasteiger partial charge >= 0.3 is 6.18 Å². The molecule has 3 N–H and O–H groups in total. The lowest BCUT2D eigenvalue weighted by Gasteiger charge is -2.18. The maximum Gasteiger partial charge on any atom is 0.411 e. The summed E-state index contributed by atoms with van der Waals surface area (Å²) in [6.07, 6.45) is -3.70. The van der Waals surface area contributed by atoms with E-state index in [1.807, 2.05) is 13.8 Å². The van der Waals surface area contributed by atoms with Crippen molar-refractivity contribution in [3.05, 3.63) is 0 Å². The molecule has 108 valence electrons. The average molecular weight is 270 g/mol. The molecule has 1 unspecified atom stereocenters. The number of ether oxygens (including phenoxy) is 1. The summed E-state index contributed by atoms with van der Waals surface area (Å²) in [6, 6.07) is -0.139. The van der Waals surface area contributed by atoms with Crippen LogP contribution in [0.5, 0.6) is 0 Å².